The third kappa shape index (κ3) is 6.79. The molecule has 0 aliphatic heterocycles. The minimum absolute atomic E-state index is 0.116. The van der Waals surface area contributed by atoms with Gasteiger partial charge >= 0.3 is 5.97 Å². The molecule has 1 aromatic carbocycles. The second-order valence-corrected chi connectivity index (χ2v) is 5.56. The van der Waals surface area contributed by atoms with Crippen LogP contribution in [0.15, 0.2) is 24.3 Å². The van der Waals surface area contributed by atoms with E-state index in [4.69, 9.17) is 16.1 Å². The molecule has 7 heteroatoms. The molecule has 1 aromatic rings. The predicted molar refractivity (Wildman–Crippen MR) is 82.0 cm³/mol. The first-order valence-electron chi connectivity index (χ1n) is 6.39. The van der Waals surface area contributed by atoms with Crippen molar-refractivity contribution in [2.75, 3.05) is 16.8 Å². The van der Waals surface area contributed by atoms with Gasteiger partial charge in [-0.2, -0.15) is 17.0 Å². The third-order valence-electron chi connectivity index (χ3n) is 2.66. The Morgan fingerprint density at radius 2 is 2.00 bits per heavy atom. The number of carboxylic acids is 1. The number of rotatable bonds is 8. The second kappa shape index (κ2) is 9.00. The van der Waals surface area contributed by atoms with Gasteiger partial charge in [0.2, 0.25) is 5.91 Å². The van der Waals surface area contributed by atoms with E-state index >= 15 is 0 Å². The highest BCUT2D eigenvalue weighted by Crippen LogP contribution is 2.11. The maximum absolute atomic E-state index is 11.7. The number of anilines is 1. The fourth-order valence-electron chi connectivity index (χ4n) is 1.45. The number of amides is 1. The van der Waals surface area contributed by atoms with Crippen LogP contribution in [0.3, 0.4) is 0 Å². The molecule has 0 saturated heterocycles. The van der Waals surface area contributed by atoms with Gasteiger partial charge in [0.1, 0.15) is 6.04 Å². The molecule has 21 heavy (non-hydrogen) atoms. The van der Waals surface area contributed by atoms with Crippen molar-refractivity contribution >= 4 is 29.3 Å². The summed E-state index contributed by atoms with van der Waals surface area (Å²) in [5.74, 6) is 0.0930. The maximum atomic E-state index is 11.7. The summed E-state index contributed by atoms with van der Waals surface area (Å²) in [4.78, 5) is 22.2. The number of hydrogen-bond donors (Lipinski definition) is 3. The minimum Gasteiger partial charge on any atom is -0.480 e. The number of carbonyl (C=O) groups excluding carboxylic acids is 1. The van der Waals surface area contributed by atoms with Crippen molar-refractivity contribution in [3.8, 4) is 6.07 Å². The summed E-state index contributed by atoms with van der Waals surface area (Å²) in [5, 5.41) is 20.0. The lowest BCUT2D eigenvalue weighted by Gasteiger charge is -2.07. The molecule has 4 N–H and O–H groups in total. The van der Waals surface area contributed by atoms with E-state index in [1.165, 1.54) is 11.8 Å². The highest BCUT2D eigenvalue weighted by molar-refractivity contribution is 7.99. The van der Waals surface area contributed by atoms with Gasteiger partial charge in [0.25, 0.3) is 0 Å². The fraction of sp³-hybridized carbons (Fsp3) is 0.357. The van der Waals surface area contributed by atoms with Crippen molar-refractivity contribution in [3.63, 3.8) is 0 Å². The molecule has 1 rings (SSSR count). The Hall–Kier alpha value is -2.04. The number of aliphatic carboxylic acids is 1. The summed E-state index contributed by atoms with van der Waals surface area (Å²) < 4.78 is 0. The van der Waals surface area contributed by atoms with Gasteiger partial charge in [-0.3, -0.25) is 9.59 Å². The molecule has 0 aromatic heterocycles. The van der Waals surface area contributed by atoms with Crippen molar-refractivity contribution in [1.29, 1.82) is 5.26 Å². The van der Waals surface area contributed by atoms with E-state index in [9.17, 15) is 9.59 Å². The highest BCUT2D eigenvalue weighted by Gasteiger charge is 2.10. The zero-order valence-corrected chi connectivity index (χ0v) is 12.2. The monoisotopic (exact) mass is 307 g/mol. The van der Waals surface area contributed by atoms with Crippen LogP contribution >= 0.6 is 11.8 Å². The van der Waals surface area contributed by atoms with E-state index in [2.05, 4.69) is 5.32 Å². The first kappa shape index (κ1) is 17.0. The summed E-state index contributed by atoms with van der Waals surface area (Å²) in [6.07, 6.45) is 0.726. The van der Waals surface area contributed by atoms with Crippen LogP contribution in [0.5, 0.6) is 0 Å². The Morgan fingerprint density at radius 1 is 1.33 bits per heavy atom. The number of nitrogens with two attached hydrogens (primary N) is 1. The van der Waals surface area contributed by atoms with E-state index < -0.39 is 12.0 Å². The van der Waals surface area contributed by atoms with E-state index in [0.29, 0.717) is 35.6 Å². The van der Waals surface area contributed by atoms with Gasteiger partial charge in [-0.05, 0) is 36.4 Å². The molecule has 0 fully saturated rings. The van der Waals surface area contributed by atoms with E-state index in [1.54, 1.807) is 24.3 Å². The van der Waals surface area contributed by atoms with E-state index in [-0.39, 0.29) is 5.91 Å². The SMILES string of the molecule is N#Cc1ccc(NC(=O)CCSCCC(N)C(=O)O)cc1. The van der Waals surface area contributed by atoms with Crippen LogP contribution in [0.1, 0.15) is 18.4 Å². The van der Waals surface area contributed by atoms with Crippen molar-refractivity contribution in [3.05, 3.63) is 29.8 Å². The largest absolute Gasteiger partial charge is 0.480 e. The van der Waals surface area contributed by atoms with E-state index in [0.717, 1.165) is 0 Å². The molecule has 0 radical (unpaired) electrons. The molecule has 112 valence electrons. The average molecular weight is 307 g/mol. The number of carboxylic acid groups (broad SMARTS) is 1. The number of nitriles is 1. The Labute approximate surface area is 127 Å². The highest BCUT2D eigenvalue weighted by atomic mass is 32.2. The standard InChI is InChI=1S/C14H17N3O3S/c15-9-10-1-3-11(4-2-10)17-13(18)6-8-21-7-5-12(16)14(19)20/h1-4,12H,5-8,16H2,(H,17,18)(H,19,20). The fourth-order valence-corrected chi connectivity index (χ4v) is 2.41. The molecule has 0 bridgehead atoms. The normalized spacial score (nSPS) is 11.4. The van der Waals surface area contributed by atoms with Crippen LogP contribution in [-0.4, -0.2) is 34.5 Å². The molecular formula is C14H17N3O3S. The molecular weight excluding hydrogens is 290 g/mol. The summed E-state index contributed by atoms with van der Waals surface area (Å²) in [7, 11) is 0. The quantitative estimate of drug-likeness (QED) is 0.625. The molecule has 1 amide bonds. The van der Waals surface area contributed by atoms with Gasteiger partial charge in [-0.15, -0.1) is 0 Å². The minimum atomic E-state index is -1.01. The molecule has 0 heterocycles. The van der Waals surface area contributed by atoms with Gasteiger partial charge in [-0.25, -0.2) is 0 Å². The lowest BCUT2D eigenvalue weighted by Crippen LogP contribution is -2.30. The van der Waals surface area contributed by atoms with Crippen LogP contribution < -0.4 is 11.1 Å². The number of carbonyl (C=O) groups is 2. The number of benzene rings is 1. The van der Waals surface area contributed by atoms with Gasteiger partial charge < -0.3 is 16.2 Å². The molecule has 0 saturated carbocycles. The summed E-state index contributed by atoms with van der Waals surface area (Å²) in [6, 6.07) is 7.79. The molecule has 0 spiro atoms. The number of nitrogens with zero attached hydrogens (tertiary/aromatic N) is 1. The molecule has 1 unspecified atom stereocenters. The molecule has 6 nitrogen and oxygen atoms in total. The smallest absolute Gasteiger partial charge is 0.320 e. The molecule has 0 aliphatic carbocycles. The summed E-state index contributed by atoms with van der Waals surface area (Å²) in [5.41, 5.74) is 6.56. The van der Waals surface area contributed by atoms with Crippen molar-refractivity contribution in [2.24, 2.45) is 5.73 Å². The molecule has 0 aliphatic rings. The second-order valence-electron chi connectivity index (χ2n) is 4.33. The zero-order valence-electron chi connectivity index (χ0n) is 11.4. The topological polar surface area (TPSA) is 116 Å². The van der Waals surface area contributed by atoms with E-state index in [1.807, 2.05) is 6.07 Å². The third-order valence-corrected chi connectivity index (χ3v) is 3.68. The lowest BCUT2D eigenvalue weighted by atomic mass is 10.2. The van der Waals surface area contributed by atoms with Gasteiger partial charge in [0.05, 0.1) is 11.6 Å². The van der Waals surface area contributed by atoms with Crippen LogP contribution in [0.2, 0.25) is 0 Å². The van der Waals surface area contributed by atoms with Crippen molar-refractivity contribution in [1.82, 2.24) is 0 Å². The van der Waals surface area contributed by atoms with Crippen LogP contribution in [-0.2, 0) is 9.59 Å². The van der Waals surface area contributed by atoms with Crippen LogP contribution in [0.25, 0.3) is 0 Å². The van der Waals surface area contributed by atoms with Gasteiger partial charge in [0, 0.05) is 17.9 Å². The Balaban J connectivity index is 2.19. The number of hydrogen-bond acceptors (Lipinski definition) is 5. The van der Waals surface area contributed by atoms with Crippen LogP contribution in [0, 0.1) is 11.3 Å². The number of nitrogens with one attached hydrogen (secondary N) is 1. The van der Waals surface area contributed by atoms with Crippen molar-refractivity contribution < 1.29 is 14.7 Å². The molecule has 1 atom stereocenters. The maximum Gasteiger partial charge on any atom is 0.320 e. The lowest BCUT2D eigenvalue weighted by molar-refractivity contribution is -0.138. The van der Waals surface area contributed by atoms with Gasteiger partial charge in [-0.1, -0.05) is 0 Å². The first-order chi connectivity index (χ1) is 10.0. The first-order valence-corrected chi connectivity index (χ1v) is 7.54. The summed E-state index contributed by atoms with van der Waals surface area (Å²) >= 11 is 1.50. The Bertz CT molecular complexity index is 525. The summed E-state index contributed by atoms with van der Waals surface area (Å²) in [6.45, 7) is 0. The number of thioether (sulfide) groups is 1. The van der Waals surface area contributed by atoms with Crippen LogP contribution in [0.4, 0.5) is 5.69 Å². The predicted octanol–water partition coefficient (Wildman–Crippen LogP) is 1.42. The zero-order chi connectivity index (χ0) is 15.7. The van der Waals surface area contributed by atoms with Crippen molar-refractivity contribution in [2.45, 2.75) is 18.9 Å². The van der Waals surface area contributed by atoms with Gasteiger partial charge in [0.15, 0.2) is 0 Å². The Morgan fingerprint density at radius 3 is 2.57 bits per heavy atom. The average Bonchev–Trinajstić information content (AvgIpc) is 2.47. The Kier molecular flexibility index (Phi) is 7.29.